The number of aryl methyl sites for hydroxylation is 2. The van der Waals surface area contributed by atoms with Crippen LogP contribution in [0, 0.1) is 6.92 Å². The van der Waals surface area contributed by atoms with Crippen LogP contribution in [0.25, 0.3) is 0 Å². The Hall–Kier alpha value is -1.76. The van der Waals surface area contributed by atoms with E-state index in [1.54, 1.807) is 0 Å². The number of hydrogen-bond donors (Lipinski definition) is 0. The van der Waals surface area contributed by atoms with Crippen molar-refractivity contribution in [3.8, 4) is 5.75 Å². The van der Waals surface area contributed by atoms with Gasteiger partial charge in [0.15, 0.2) is 0 Å². The third kappa shape index (κ3) is 2.40. The quantitative estimate of drug-likeness (QED) is 0.770. The first-order chi connectivity index (χ1) is 8.81. The maximum atomic E-state index is 6.12. The van der Waals surface area contributed by atoms with Crippen molar-refractivity contribution in [2.45, 2.75) is 32.3 Å². The first-order valence-corrected chi connectivity index (χ1v) is 6.61. The van der Waals surface area contributed by atoms with Gasteiger partial charge in [-0.25, -0.2) is 0 Å². The SMILES string of the molecule is Cc1ccc2c(c1)OC(Cc1ccccc1)CC2. The third-order valence-corrected chi connectivity index (χ3v) is 3.56. The summed E-state index contributed by atoms with van der Waals surface area (Å²) in [6, 6.07) is 17.1. The van der Waals surface area contributed by atoms with E-state index in [1.165, 1.54) is 16.7 Å². The van der Waals surface area contributed by atoms with E-state index in [4.69, 9.17) is 4.74 Å². The topological polar surface area (TPSA) is 9.23 Å². The molecule has 1 heterocycles. The summed E-state index contributed by atoms with van der Waals surface area (Å²) in [5.74, 6) is 1.09. The van der Waals surface area contributed by atoms with Crippen LogP contribution >= 0.6 is 0 Å². The molecule has 0 saturated heterocycles. The summed E-state index contributed by atoms with van der Waals surface area (Å²) in [5.41, 5.74) is 3.98. The second-order valence-electron chi connectivity index (χ2n) is 5.08. The van der Waals surface area contributed by atoms with Gasteiger partial charge in [-0.2, -0.15) is 0 Å². The highest BCUT2D eigenvalue weighted by molar-refractivity contribution is 5.38. The van der Waals surface area contributed by atoms with Crippen LogP contribution in [0.1, 0.15) is 23.1 Å². The molecular formula is C17H18O. The lowest BCUT2D eigenvalue weighted by atomic mass is 9.97. The Bertz CT molecular complexity index is 531. The average molecular weight is 238 g/mol. The maximum Gasteiger partial charge on any atom is 0.123 e. The lowest BCUT2D eigenvalue weighted by Gasteiger charge is -2.26. The monoisotopic (exact) mass is 238 g/mol. The summed E-state index contributed by atoms with van der Waals surface area (Å²) in [7, 11) is 0. The summed E-state index contributed by atoms with van der Waals surface area (Å²) in [4.78, 5) is 0. The molecule has 0 bridgehead atoms. The van der Waals surface area contributed by atoms with Crippen LogP contribution in [0.3, 0.4) is 0 Å². The molecule has 1 atom stereocenters. The van der Waals surface area contributed by atoms with Gasteiger partial charge in [0.2, 0.25) is 0 Å². The molecule has 0 aromatic heterocycles. The third-order valence-electron chi connectivity index (χ3n) is 3.56. The first kappa shape index (κ1) is 11.3. The lowest BCUT2D eigenvalue weighted by molar-refractivity contribution is 0.173. The molecule has 3 rings (SSSR count). The van der Waals surface area contributed by atoms with Crippen molar-refractivity contribution in [2.24, 2.45) is 0 Å². The van der Waals surface area contributed by atoms with Crippen molar-refractivity contribution >= 4 is 0 Å². The molecule has 0 saturated carbocycles. The van der Waals surface area contributed by atoms with Crippen molar-refractivity contribution in [2.75, 3.05) is 0 Å². The fourth-order valence-corrected chi connectivity index (χ4v) is 2.55. The van der Waals surface area contributed by atoms with E-state index in [-0.39, 0.29) is 0 Å². The van der Waals surface area contributed by atoms with Crippen LogP contribution in [0.15, 0.2) is 48.5 Å². The molecule has 1 unspecified atom stereocenters. The fraction of sp³-hybridized carbons (Fsp3) is 0.294. The summed E-state index contributed by atoms with van der Waals surface area (Å²) in [5, 5.41) is 0. The Morgan fingerprint density at radius 3 is 2.78 bits per heavy atom. The molecule has 0 amide bonds. The molecule has 2 aromatic rings. The summed E-state index contributed by atoms with van der Waals surface area (Å²) < 4.78 is 6.12. The highest BCUT2D eigenvalue weighted by Crippen LogP contribution is 2.29. The van der Waals surface area contributed by atoms with Crippen LogP contribution in [0.4, 0.5) is 0 Å². The minimum absolute atomic E-state index is 0.321. The zero-order valence-electron chi connectivity index (χ0n) is 10.7. The summed E-state index contributed by atoms with van der Waals surface area (Å²) in [6.45, 7) is 2.12. The van der Waals surface area contributed by atoms with E-state index in [0.29, 0.717) is 6.10 Å². The molecule has 18 heavy (non-hydrogen) atoms. The number of hydrogen-bond acceptors (Lipinski definition) is 1. The molecule has 0 fully saturated rings. The Balaban J connectivity index is 1.75. The normalized spacial score (nSPS) is 17.9. The van der Waals surface area contributed by atoms with Crippen LogP contribution in [-0.4, -0.2) is 6.10 Å². The Morgan fingerprint density at radius 1 is 1.11 bits per heavy atom. The van der Waals surface area contributed by atoms with Gasteiger partial charge >= 0.3 is 0 Å². The molecule has 0 N–H and O–H groups in total. The summed E-state index contributed by atoms with van der Waals surface area (Å²) >= 11 is 0. The lowest BCUT2D eigenvalue weighted by Crippen LogP contribution is -2.24. The molecule has 1 nitrogen and oxygen atoms in total. The molecule has 0 aliphatic carbocycles. The van der Waals surface area contributed by atoms with Gasteiger partial charge in [0.1, 0.15) is 11.9 Å². The van der Waals surface area contributed by atoms with Gasteiger partial charge in [-0.05, 0) is 42.5 Å². The van der Waals surface area contributed by atoms with Gasteiger partial charge in [-0.1, -0.05) is 42.5 Å². The summed E-state index contributed by atoms with van der Waals surface area (Å²) in [6.07, 6.45) is 3.58. The zero-order chi connectivity index (χ0) is 12.4. The van der Waals surface area contributed by atoms with E-state index in [2.05, 4.69) is 55.5 Å². The Labute approximate surface area is 108 Å². The zero-order valence-corrected chi connectivity index (χ0v) is 10.7. The largest absolute Gasteiger partial charge is 0.490 e. The standard InChI is InChI=1S/C17H18O/c1-13-7-8-15-9-10-16(18-17(15)11-13)12-14-5-3-2-4-6-14/h2-8,11,16H,9-10,12H2,1H3. The second kappa shape index (κ2) is 4.85. The first-order valence-electron chi connectivity index (χ1n) is 6.61. The van der Waals surface area contributed by atoms with E-state index < -0.39 is 0 Å². The van der Waals surface area contributed by atoms with Gasteiger partial charge in [-0.3, -0.25) is 0 Å². The minimum atomic E-state index is 0.321. The van der Waals surface area contributed by atoms with Gasteiger partial charge in [0, 0.05) is 6.42 Å². The number of rotatable bonds is 2. The fourth-order valence-electron chi connectivity index (χ4n) is 2.55. The van der Waals surface area contributed by atoms with Crippen LogP contribution in [-0.2, 0) is 12.8 Å². The van der Waals surface area contributed by atoms with E-state index >= 15 is 0 Å². The van der Waals surface area contributed by atoms with E-state index in [0.717, 1.165) is 25.0 Å². The molecule has 1 aliphatic heterocycles. The maximum absolute atomic E-state index is 6.12. The molecule has 1 aliphatic rings. The van der Waals surface area contributed by atoms with Gasteiger partial charge in [-0.15, -0.1) is 0 Å². The Kier molecular flexibility index (Phi) is 3.06. The molecule has 2 aromatic carbocycles. The van der Waals surface area contributed by atoms with Crippen LogP contribution in [0.5, 0.6) is 5.75 Å². The Morgan fingerprint density at radius 2 is 1.94 bits per heavy atom. The predicted octanol–water partition coefficient (Wildman–Crippen LogP) is 3.93. The van der Waals surface area contributed by atoms with Crippen LogP contribution < -0.4 is 4.74 Å². The molecule has 1 heteroatoms. The number of ether oxygens (including phenoxy) is 1. The van der Waals surface area contributed by atoms with E-state index in [9.17, 15) is 0 Å². The average Bonchev–Trinajstić information content (AvgIpc) is 2.39. The molecular weight excluding hydrogens is 220 g/mol. The van der Waals surface area contributed by atoms with Crippen LogP contribution in [0.2, 0.25) is 0 Å². The molecule has 0 radical (unpaired) electrons. The van der Waals surface area contributed by atoms with Gasteiger partial charge in [0.05, 0.1) is 0 Å². The van der Waals surface area contributed by atoms with Crippen molar-refractivity contribution in [1.29, 1.82) is 0 Å². The molecule has 0 spiro atoms. The highest BCUT2D eigenvalue weighted by Gasteiger charge is 2.19. The second-order valence-corrected chi connectivity index (χ2v) is 5.08. The predicted molar refractivity (Wildman–Crippen MR) is 74.1 cm³/mol. The van der Waals surface area contributed by atoms with Crippen molar-refractivity contribution in [3.05, 3.63) is 65.2 Å². The van der Waals surface area contributed by atoms with E-state index in [1.807, 2.05) is 0 Å². The highest BCUT2D eigenvalue weighted by atomic mass is 16.5. The number of benzene rings is 2. The van der Waals surface area contributed by atoms with Crippen molar-refractivity contribution in [1.82, 2.24) is 0 Å². The van der Waals surface area contributed by atoms with Gasteiger partial charge < -0.3 is 4.74 Å². The smallest absolute Gasteiger partial charge is 0.123 e. The van der Waals surface area contributed by atoms with Crippen molar-refractivity contribution < 1.29 is 4.74 Å². The molecule has 92 valence electrons. The van der Waals surface area contributed by atoms with Gasteiger partial charge in [0.25, 0.3) is 0 Å². The number of fused-ring (bicyclic) bond motifs is 1. The van der Waals surface area contributed by atoms with Crippen molar-refractivity contribution in [3.63, 3.8) is 0 Å². The minimum Gasteiger partial charge on any atom is -0.490 e.